The molecule has 150 valence electrons. The van der Waals surface area contributed by atoms with Gasteiger partial charge in [0, 0.05) is 5.56 Å². The number of carbonyl (C=O) groups is 2. The molecule has 2 aromatic heterocycles. The molecule has 0 spiro atoms. The molecule has 0 saturated carbocycles. The molecule has 0 fully saturated rings. The molecule has 0 saturated heterocycles. The Balaban J connectivity index is 1.43. The van der Waals surface area contributed by atoms with Crippen LogP contribution in [0.25, 0.3) is 11.7 Å². The molecule has 1 amide bonds. The highest BCUT2D eigenvalue weighted by atomic mass is 79.9. The van der Waals surface area contributed by atoms with E-state index >= 15 is 0 Å². The van der Waals surface area contributed by atoms with Crippen LogP contribution < -0.4 is 5.32 Å². The summed E-state index contributed by atoms with van der Waals surface area (Å²) in [6, 6.07) is 18.6. The van der Waals surface area contributed by atoms with Crippen LogP contribution in [0.5, 0.6) is 0 Å². The number of nitrogens with zero attached hydrogens (tertiary/aromatic N) is 2. The molecular formula is C21H14BrN3O5. The number of anilines is 1. The van der Waals surface area contributed by atoms with Crippen molar-refractivity contribution in [2.24, 2.45) is 0 Å². The minimum atomic E-state index is -0.639. The average molecular weight is 468 g/mol. The van der Waals surface area contributed by atoms with E-state index in [2.05, 4.69) is 31.4 Å². The molecule has 0 aliphatic rings. The second-order valence-corrected chi connectivity index (χ2v) is 6.83. The predicted octanol–water partition coefficient (Wildman–Crippen LogP) is 4.70. The monoisotopic (exact) mass is 467 g/mol. The van der Waals surface area contributed by atoms with Gasteiger partial charge >= 0.3 is 5.97 Å². The Labute approximate surface area is 179 Å². The number of benzene rings is 2. The smallest absolute Gasteiger partial charge is 0.340 e. The number of halogens is 1. The highest BCUT2D eigenvalue weighted by molar-refractivity contribution is 9.10. The summed E-state index contributed by atoms with van der Waals surface area (Å²) in [5, 5.41) is 10.4. The van der Waals surface area contributed by atoms with Crippen molar-refractivity contribution in [2.75, 3.05) is 5.32 Å². The van der Waals surface area contributed by atoms with E-state index in [1.54, 1.807) is 60.7 Å². The SMILES string of the molecule is O=C(Nc1ccccc1C(=O)OCc1nnc(-c2ccc(Br)o2)o1)c1ccccc1. The maximum atomic E-state index is 12.5. The molecule has 8 nitrogen and oxygen atoms in total. The molecule has 0 bridgehead atoms. The van der Waals surface area contributed by atoms with Crippen molar-refractivity contribution in [3.05, 3.63) is 88.4 Å². The van der Waals surface area contributed by atoms with Crippen molar-refractivity contribution in [3.63, 3.8) is 0 Å². The number of esters is 1. The fourth-order valence-corrected chi connectivity index (χ4v) is 2.91. The number of carbonyl (C=O) groups excluding carboxylic acids is 2. The Morgan fingerprint density at radius 2 is 1.70 bits per heavy atom. The van der Waals surface area contributed by atoms with Crippen LogP contribution in [0.2, 0.25) is 0 Å². The van der Waals surface area contributed by atoms with Gasteiger partial charge < -0.3 is 18.9 Å². The maximum absolute atomic E-state index is 12.5. The second kappa shape index (κ2) is 8.75. The highest BCUT2D eigenvalue weighted by Crippen LogP contribution is 2.24. The average Bonchev–Trinajstić information content (AvgIpc) is 3.42. The van der Waals surface area contributed by atoms with Crippen molar-refractivity contribution in [1.82, 2.24) is 10.2 Å². The number of hydrogen-bond acceptors (Lipinski definition) is 7. The van der Waals surface area contributed by atoms with E-state index in [1.807, 2.05) is 6.07 Å². The van der Waals surface area contributed by atoms with E-state index in [0.717, 1.165) is 0 Å². The van der Waals surface area contributed by atoms with Crippen LogP contribution in [0.4, 0.5) is 5.69 Å². The molecule has 0 unspecified atom stereocenters. The zero-order valence-electron chi connectivity index (χ0n) is 15.4. The molecule has 0 aliphatic heterocycles. The number of ether oxygens (including phenoxy) is 1. The van der Waals surface area contributed by atoms with Gasteiger partial charge in [0.15, 0.2) is 17.0 Å². The highest BCUT2D eigenvalue weighted by Gasteiger charge is 2.18. The molecular weight excluding hydrogens is 454 g/mol. The van der Waals surface area contributed by atoms with Crippen molar-refractivity contribution in [3.8, 4) is 11.7 Å². The number of nitrogens with one attached hydrogen (secondary N) is 1. The van der Waals surface area contributed by atoms with Gasteiger partial charge in [-0.05, 0) is 52.3 Å². The summed E-state index contributed by atoms with van der Waals surface area (Å²) in [6.45, 7) is -0.228. The summed E-state index contributed by atoms with van der Waals surface area (Å²) >= 11 is 3.19. The molecule has 4 aromatic rings. The number of para-hydroxylation sites is 1. The second-order valence-electron chi connectivity index (χ2n) is 6.05. The van der Waals surface area contributed by atoms with Gasteiger partial charge in [0.25, 0.3) is 17.7 Å². The molecule has 0 atom stereocenters. The number of furan rings is 1. The number of hydrogen-bond donors (Lipinski definition) is 1. The largest absolute Gasteiger partial charge is 0.452 e. The first-order valence-electron chi connectivity index (χ1n) is 8.81. The lowest BCUT2D eigenvalue weighted by Crippen LogP contribution is -2.15. The summed E-state index contributed by atoms with van der Waals surface area (Å²) in [7, 11) is 0. The third-order valence-electron chi connectivity index (χ3n) is 4.01. The maximum Gasteiger partial charge on any atom is 0.340 e. The normalized spacial score (nSPS) is 10.6. The lowest BCUT2D eigenvalue weighted by atomic mass is 10.1. The molecule has 0 aliphatic carbocycles. The first kappa shape index (κ1) is 19.6. The standard InChI is InChI=1S/C21H14BrN3O5/c22-17-11-10-16(29-17)20-25-24-18(30-20)12-28-21(27)14-8-4-5-9-15(14)23-19(26)13-6-2-1-3-7-13/h1-11H,12H2,(H,23,26). The molecule has 4 rings (SSSR count). The van der Waals surface area contributed by atoms with Crippen LogP contribution in [-0.2, 0) is 11.3 Å². The summed E-state index contributed by atoms with van der Waals surface area (Å²) in [5.41, 5.74) is 1.02. The van der Waals surface area contributed by atoms with Crippen LogP contribution >= 0.6 is 15.9 Å². The Bertz CT molecular complexity index is 1190. The molecule has 2 heterocycles. The van der Waals surface area contributed by atoms with E-state index < -0.39 is 5.97 Å². The Hall–Kier alpha value is -3.72. The third-order valence-corrected chi connectivity index (χ3v) is 4.43. The summed E-state index contributed by atoms with van der Waals surface area (Å²) in [6.07, 6.45) is 0. The number of amides is 1. The van der Waals surface area contributed by atoms with E-state index in [9.17, 15) is 9.59 Å². The van der Waals surface area contributed by atoms with Crippen LogP contribution in [0.15, 0.2) is 80.2 Å². The van der Waals surface area contributed by atoms with Crippen molar-refractivity contribution in [2.45, 2.75) is 6.61 Å². The van der Waals surface area contributed by atoms with Gasteiger partial charge in [0.05, 0.1) is 11.3 Å². The van der Waals surface area contributed by atoms with E-state index in [0.29, 0.717) is 21.7 Å². The Kier molecular flexibility index (Phi) is 5.71. The Morgan fingerprint density at radius 1 is 0.933 bits per heavy atom. The quantitative estimate of drug-likeness (QED) is 0.409. The van der Waals surface area contributed by atoms with Crippen molar-refractivity contribution < 1.29 is 23.2 Å². The molecule has 0 radical (unpaired) electrons. The van der Waals surface area contributed by atoms with Gasteiger partial charge in [-0.1, -0.05) is 30.3 Å². The number of rotatable bonds is 6. The first-order chi connectivity index (χ1) is 14.6. The van der Waals surface area contributed by atoms with Crippen LogP contribution in [-0.4, -0.2) is 22.1 Å². The van der Waals surface area contributed by atoms with Crippen LogP contribution in [0.3, 0.4) is 0 Å². The van der Waals surface area contributed by atoms with Gasteiger partial charge in [-0.2, -0.15) is 0 Å². The first-order valence-corrected chi connectivity index (χ1v) is 9.60. The fourth-order valence-electron chi connectivity index (χ4n) is 2.60. The lowest BCUT2D eigenvalue weighted by molar-refractivity contribution is 0.0440. The molecule has 9 heteroatoms. The lowest BCUT2D eigenvalue weighted by Gasteiger charge is -2.10. The van der Waals surface area contributed by atoms with Crippen molar-refractivity contribution in [1.29, 1.82) is 0 Å². The van der Waals surface area contributed by atoms with E-state index in [-0.39, 0.29) is 29.9 Å². The summed E-state index contributed by atoms with van der Waals surface area (Å²) in [5.74, 6) is -0.304. The van der Waals surface area contributed by atoms with E-state index in [1.165, 1.54) is 0 Å². The summed E-state index contributed by atoms with van der Waals surface area (Å²) < 4.78 is 16.6. The van der Waals surface area contributed by atoms with E-state index in [4.69, 9.17) is 13.6 Å². The molecule has 2 aromatic carbocycles. The van der Waals surface area contributed by atoms with Gasteiger partial charge in [0.1, 0.15) is 0 Å². The zero-order chi connectivity index (χ0) is 20.9. The summed E-state index contributed by atoms with van der Waals surface area (Å²) in [4.78, 5) is 24.9. The van der Waals surface area contributed by atoms with Crippen molar-refractivity contribution >= 4 is 33.5 Å². The van der Waals surface area contributed by atoms with Gasteiger partial charge in [-0.15, -0.1) is 10.2 Å². The predicted molar refractivity (Wildman–Crippen MR) is 110 cm³/mol. The van der Waals surface area contributed by atoms with Gasteiger partial charge in [0.2, 0.25) is 0 Å². The zero-order valence-corrected chi connectivity index (χ0v) is 17.0. The minimum Gasteiger partial charge on any atom is -0.452 e. The van der Waals surface area contributed by atoms with Crippen LogP contribution in [0, 0.1) is 0 Å². The van der Waals surface area contributed by atoms with Gasteiger partial charge in [-0.3, -0.25) is 4.79 Å². The number of aromatic nitrogens is 2. The third kappa shape index (κ3) is 4.47. The molecule has 30 heavy (non-hydrogen) atoms. The fraction of sp³-hybridized carbons (Fsp3) is 0.0476. The van der Waals surface area contributed by atoms with Crippen LogP contribution in [0.1, 0.15) is 26.6 Å². The Morgan fingerprint density at radius 3 is 2.47 bits per heavy atom. The minimum absolute atomic E-state index is 0.108. The topological polar surface area (TPSA) is 107 Å². The van der Waals surface area contributed by atoms with Gasteiger partial charge in [-0.25, -0.2) is 4.79 Å². The molecule has 1 N–H and O–H groups in total.